The molecule has 0 radical (unpaired) electrons. The minimum absolute atomic E-state index is 0.0371. The average Bonchev–Trinajstić information content (AvgIpc) is 2.37. The first-order valence-electron chi connectivity index (χ1n) is 5.37. The van der Waals surface area contributed by atoms with Gasteiger partial charge in [0, 0.05) is 6.20 Å². The van der Waals surface area contributed by atoms with Crippen LogP contribution in [0.5, 0.6) is 5.75 Å². The highest BCUT2D eigenvalue weighted by molar-refractivity contribution is 7.89. The first-order chi connectivity index (χ1) is 9.41. The third kappa shape index (κ3) is 3.16. The molecule has 7 nitrogen and oxygen atoms in total. The lowest BCUT2D eigenvalue weighted by atomic mass is 10.3. The van der Waals surface area contributed by atoms with E-state index >= 15 is 0 Å². The van der Waals surface area contributed by atoms with Gasteiger partial charge in [0.1, 0.15) is 16.5 Å². The van der Waals surface area contributed by atoms with Gasteiger partial charge in [-0.25, -0.2) is 23.5 Å². The van der Waals surface area contributed by atoms with Gasteiger partial charge >= 0.3 is 0 Å². The zero-order chi connectivity index (χ0) is 14.8. The lowest BCUT2D eigenvalue weighted by Crippen LogP contribution is -2.15. The molecule has 2 rings (SSSR count). The van der Waals surface area contributed by atoms with Crippen molar-refractivity contribution >= 4 is 33.1 Å². The summed E-state index contributed by atoms with van der Waals surface area (Å²) in [7, 11) is -2.61. The van der Waals surface area contributed by atoms with Crippen LogP contribution in [0, 0.1) is 0 Å². The highest BCUT2D eigenvalue weighted by Crippen LogP contribution is 2.31. The van der Waals surface area contributed by atoms with Crippen molar-refractivity contribution in [3.63, 3.8) is 0 Å². The number of aromatic nitrogens is 2. The number of nitrogens with two attached hydrogens (primary N) is 1. The van der Waals surface area contributed by atoms with E-state index in [1.54, 1.807) is 6.07 Å². The van der Waals surface area contributed by atoms with Gasteiger partial charge in [-0.3, -0.25) is 0 Å². The molecule has 0 aliphatic rings. The third-order valence-corrected chi connectivity index (χ3v) is 3.54. The molecule has 0 atom stereocenters. The Balaban J connectivity index is 2.52. The molecule has 1 aromatic carbocycles. The number of benzene rings is 1. The first-order valence-corrected chi connectivity index (χ1v) is 7.29. The van der Waals surface area contributed by atoms with E-state index in [-0.39, 0.29) is 21.6 Å². The third-order valence-electron chi connectivity index (χ3n) is 2.37. The van der Waals surface area contributed by atoms with Crippen LogP contribution in [-0.4, -0.2) is 25.5 Å². The van der Waals surface area contributed by atoms with Gasteiger partial charge in [-0.2, -0.15) is 0 Å². The van der Waals surface area contributed by atoms with E-state index in [0.717, 1.165) is 0 Å². The standard InChI is InChI=1S/C11H11ClN4O3S/c1-19-8-4-2-3-7(10(8)20(13,17)18)15-9-5-6-14-11(12)16-9/h2-6H,1H3,(H2,13,17,18)(H,14,15,16). The molecule has 3 N–H and O–H groups in total. The average molecular weight is 315 g/mol. The summed E-state index contributed by atoms with van der Waals surface area (Å²) in [6.45, 7) is 0. The lowest BCUT2D eigenvalue weighted by Gasteiger charge is -2.13. The van der Waals surface area contributed by atoms with Gasteiger partial charge in [0.05, 0.1) is 12.8 Å². The Morgan fingerprint density at radius 2 is 2.10 bits per heavy atom. The summed E-state index contributed by atoms with van der Waals surface area (Å²) in [5.41, 5.74) is 0.238. The number of primary sulfonamides is 1. The van der Waals surface area contributed by atoms with Crippen molar-refractivity contribution in [2.45, 2.75) is 4.90 Å². The molecule has 20 heavy (non-hydrogen) atoms. The monoisotopic (exact) mass is 314 g/mol. The minimum Gasteiger partial charge on any atom is -0.495 e. The predicted octanol–water partition coefficient (Wildman–Crippen LogP) is 1.53. The Bertz CT molecular complexity index is 736. The lowest BCUT2D eigenvalue weighted by molar-refractivity contribution is 0.403. The van der Waals surface area contributed by atoms with Crippen LogP contribution in [0.1, 0.15) is 0 Å². The van der Waals surface area contributed by atoms with Gasteiger partial charge in [0.2, 0.25) is 15.3 Å². The maximum absolute atomic E-state index is 11.7. The van der Waals surface area contributed by atoms with E-state index in [2.05, 4.69) is 15.3 Å². The molecular formula is C11H11ClN4O3S. The van der Waals surface area contributed by atoms with E-state index in [1.165, 1.54) is 31.5 Å². The maximum atomic E-state index is 11.7. The van der Waals surface area contributed by atoms with Crippen LogP contribution in [-0.2, 0) is 10.0 Å². The van der Waals surface area contributed by atoms with E-state index in [9.17, 15) is 8.42 Å². The van der Waals surface area contributed by atoms with E-state index < -0.39 is 10.0 Å². The Hall–Kier alpha value is -1.90. The maximum Gasteiger partial charge on any atom is 0.243 e. The molecule has 0 fully saturated rings. The quantitative estimate of drug-likeness (QED) is 0.829. The van der Waals surface area contributed by atoms with Crippen molar-refractivity contribution in [1.82, 2.24) is 9.97 Å². The van der Waals surface area contributed by atoms with Crippen LogP contribution >= 0.6 is 11.6 Å². The number of anilines is 2. The van der Waals surface area contributed by atoms with E-state index in [0.29, 0.717) is 5.82 Å². The summed E-state index contributed by atoms with van der Waals surface area (Å²) in [5, 5.41) is 8.07. The van der Waals surface area contributed by atoms with E-state index in [4.69, 9.17) is 21.5 Å². The second kappa shape index (κ2) is 5.61. The second-order valence-electron chi connectivity index (χ2n) is 3.72. The fourth-order valence-corrected chi connectivity index (χ4v) is 2.62. The van der Waals surface area contributed by atoms with Gasteiger partial charge in [-0.05, 0) is 29.8 Å². The van der Waals surface area contributed by atoms with Crippen LogP contribution in [0.25, 0.3) is 0 Å². The summed E-state index contributed by atoms with van der Waals surface area (Å²) in [6.07, 6.45) is 1.44. The summed E-state index contributed by atoms with van der Waals surface area (Å²) in [4.78, 5) is 7.49. The first kappa shape index (κ1) is 14.5. The predicted molar refractivity (Wildman–Crippen MR) is 74.7 cm³/mol. The smallest absolute Gasteiger partial charge is 0.243 e. The Morgan fingerprint density at radius 3 is 2.70 bits per heavy atom. The number of nitrogens with zero attached hydrogens (tertiary/aromatic N) is 2. The van der Waals surface area contributed by atoms with Crippen LogP contribution in [0.2, 0.25) is 5.28 Å². The van der Waals surface area contributed by atoms with Crippen molar-refractivity contribution in [2.24, 2.45) is 5.14 Å². The number of hydrogen-bond donors (Lipinski definition) is 2. The molecule has 2 aromatic rings. The largest absolute Gasteiger partial charge is 0.495 e. The zero-order valence-electron chi connectivity index (χ0n) is 10.4. The van der Waals surface area contributed by atoms with Crippen LogP contribution in [0.15, 0.2) is 35.4 Å². The van der Waals surface area contributed by atoms with Gasteiger partial charge in [-0.1, -0.05) is 6.07 Å². The van der Waals surface area contributed by atoms with Crippen molar-refractivity contribution in [3.8, 4) is 5.75 Å². The number of hydrogen-bond acceptors (Lipinski definition) is 6. The SMILES string of the molecule is COc1cccc(Nc2ccnc(Cl)n2)c1S(N)(=O)=O. The molecule has 1 heterocycles. The van der Waals surface area contributed by atoms with E-state index in [1.807, 2.05) is 0 Å². The van der Waals surface area contributed by atoms with Crippen molar-refractivity contribution < 1.29 is 13.2 Å². The van der Waals surface area contributed by atoms with Crippen molar-refractivity contribution in [2.75, 3.05) is 12.4 Å². The molecule has 0 unspecified atom stereocenters. The number of halogens is 1. The van der Waals surface area contributed by atoms with Gasteiger partial charge in [0.15, 0.2) is 0 Å². The molecule has 9 heteroatoms. The van der Waals surface area contributed by atoms with Crippen molar-refractivity contribution in [3.05, 3.63) is 35.7 Å². The van der Waals surface area contributed by atoms with Crippen LogP contribution in [0.3, 0.4) is 0 Å². The molecule has 1 aromatic heterocycles. The molecule has 0 spiro atoms. The summed E-state index contributed by atoms with van der Waals surface area (Å²) >= 11 is 5.67. The zero-order valence-corrected chi connectivity index (χ0v) is 11.9. The molecule has 106 valence electrons. The molecule has 0 amide bonds. The van der Waals surface area contributed by atoms with Crippen LogP contribution < -0.4 is 15.2 Å². The summed E-state index contributed by atoms with van der Waals surface area (Å²) < 4.78 is 28.4. The minimum atomic E-state index is -3.97. The van der Waals surface area contributed by atoms with Gasteiger partial charge < -0.3 is 10.1 Å². The normalized spacial score (nSPS) is 11.2. The fourth-order valence-electron chi connectivity index (χ4n) is 1.61. The Morgan fingerprint density at radius 1 is 1.35 bits per heavy atom. The highest BCUT2D eigenvalue weighted by Gasteiger charge is 2.20. The summed E-state index contributed by atoms with van der Waals surface area (Å²) in [5.74, 6) is 0.473. The number of methoxy groups -OCH3 is 1. The number of nitrogens with one attached hydrogen (secondary N) is 1. The topological polar surface area (TPSA) is 107 Å². The Kier molecular flexibility index (Phi) is 4.07. The molecule has 0 aliphatic heterocycles. The highest BCUT2D eigenvalue weighted by atomic mass is 35.5. The van der Waals surface area contributed by atoms with Crippen LogP contribution in [0.4, 0.5) is 11.5 Å². The molecule has 0 aliphatic carbocycles. The number of ether oxygens (including phenoxy) is 1. The van der Waals surface area contributed by atoms with Crippen molar-refractivity contribution in [1.29, 1.82) is 0 Å². The number of rotatable bonds is 4. The number of sulfonamides is 1. The molecule has 0 saturated carbocycles. The molecule has 0 saturated heterocycles. The fraction of sp³-hybridized carbons (Fsp3) is 0.0909. The molecule has 0 bridgehead atoms. The molecular weight excluding hydrogens is 304 g/mol. The van der Waals surface area contributed by atoms with Gasteiger partial charge in [-0.15, -0.1) is 0 Å². The summed E-state index contributed by atoms with van der Waals surface area (Å²) in [6, 6.07) is 6.20. The van der Waals surface area contributed by atoms with Gasteiger partial charge in [0.25, 0.3) is 0 Å². The second-order valence-corrected chi connectivity index (χ2v) is 5.55. The Labute approximate surface area is 120 Å².